The van der Waals surface area contributed by atoms with Crippen molar-refractivity contribution in [3.8, 4) is 10.6 Å². The van der Waals surface area contributed by atoms with E-state index in [4.69, 9.17) is 5.73 Å². The van der Waals surface area contributed by atoms with E-state index in [0.717, 1.165) is 35.5 Å². The highest BCUT2D eigenvalue weighted by atomic mass is 32.1. The number of amides is 1. The third kappa shape index (κ3) is 3.88. The summed E-state index contributed by atoms with van der Waals surface area (Å²) in [5.41, 5.74) is 9.85. The van der Waals surface area contributed by atoms with Gasteiger partial charge in [-0.05, 0) is 32.6 Å². The number of hydrogen-bond acceptors (Lipinski definition) is 3. The fourth-order valence-corrected chi connectivity index (χ4v) is 5.13. The number of thiazole rings is 1. The Kier molecular flexibility index (Phi) is 6.52. The average Bonchev–Trinajstić information content (AvgIpc) is 3.19. The number of rotatable bonds is 6. The molecule has 0 spiro atoms. The monoisotopic (exact) mass is 373 g/mol. The molecule has 3 rings (SSSR count). The molecule has 0 atom stereocenters. The molecule has 0 radical (unpaired) electrons. The predicted octanol–water partition coefficient (Wildman–Crippen LogP) is 5.65. The van der Waals surface area contributed by atoms with Gasteiger partial charge in [0.2, 0.25) is 0 Å². The van der Waals surface area contributed by atoms with Crippen molar-refractivity contribution in [1.82, 2.24) is 9.55 Å². The van der Waals surface area contributed by atoms with Crippen LogP contribution in [0.1, 0.15) is 92.5 Å². The highest BCUT2D eigenvalue weighted by Gasteiger charge is 2.29. The van der Waals surface area contributed by atoms with E-state index >= 15 is 0 Å². The lowest BCUT2D eigenvalue weighted by Crippen LogP contribution is -2.17. The highest BCUT2D eigenvalue weighted by molar-refractivity contribution is 7.13. The molecule has 2 aromatic rings. The van der Waals surface area contributed by atoms with Crippen LogP contribution in [0.2, 0.25) is 0 Å². The molecule has 2 N–H and O–H groups in total. The lowest BCUT2D eigenvalue weighted by atomic mass is 9.96. The van der Waals surface area contributed by atoms with E-state index in [0.29, 0.717) is 11.6 Å². The van der Waals surface area contributed by atoms with E-state index in [9.17, 15) is 4.79 Å². The van der Waals surface area contributed by atoms with Gasteiger partial charge >= 0.3 is 0 Å². The highest BCUT2D eigenvalue weighted by Crippen LogP contribution is 2.39. The number of nitrogens with two attached hydrogens (primary N) is 1. The molecule has 0 unspecified atom stereocenters. The molecule has 0 aromatic carbocycles. The van der Waals surface area contributed by atoms with E-state index in [1.807, 2.05) is 11.6 Å². The maximum Gasteiger partial charge on any atom is 0.251 e. The fraction of sp³-hybridized carbons (Fsp3) is 0.619. The third-order valence-electron chi connectivity index (χ3n) is 5.65. The number of aromatic nitrogens is 2. The lowest BCUT2D eigenvalue weighted by molar-refractivity contribution is 0.1000. The second-order valence-corrected chi connectivity index (χ2v) is 8.35. The molecule has 0 aliphatic heterocycles. The fourth-order valence-electron chi connectivity index (χ4n) is 4.42. The summed E-state index contributed by atoms with van der Waals surface area (Å²) < 4.78 is 2.47. The van der Waals surface area contributed by atoms with Crippen molar-refractivity contribution in [2.24, 2.45) is 5.73 Å². The van der Waals surface area contributed by atoms with Crippen molar-refractivity contribution in [3.05, 3.63) is 28.5 Å². The molecule has 5 heteroatoms. The van der Waals surface area contributed by atoms with Gasteiger partial charge in [0.05, 0.1) is 5.56 Å². The summed E-state index contributed by atoms with van der Waals surface area (Å²) in [5, 5.41) is 2.91. The second kappa shape index (κ2) is 8.85. The van der Waals surface area contributed by atoms with Gasteiger partial charge in [-0.15, -0.1) is 11.3 Å². The topological polar surface area (TPSA) is 60.9 Å². The van der Waals surface area contributed by atoms with Gasteiger partial charge in [-0.25, -0.2) is 4.98 Å². The van der Waals surface area contributed by atoms with Crippen molar-refractivity contribution in [2.45, 2.75) is 84.1 Å². The summed E-state index contributed by atoms with van der Waals surface area (Å²) >= 11 is 1.60. The van der Waals surface area contributed by atoms with Crippen LogP contribution in [0.5, 0.6) is 0 Å². The van der Waals surface area contributed by atoms with Gasteiger partial charge < -0.3 is 10.3 Å². The van der Waals surface area contributed by atoms with Crippen molar-refractivity contribution in [2.75, 3.05) is 0 Å². The Hall–Kier alpha value is -1.62. The van der Waals surface area contributed by atoms with Crippen LogP contribution in [0.4, 0.5) is 0 Å². The zero-order valence-corrected chi connectivity index (χ0v) is 16.9. The minimum absolute atomic E-state index is 0.324. The van der Waals surface area contributed by atoms with Crippen LogP contribution >= 0.6 is 11.3 Å². The minimum atomic E-state index is -0.324. The Balaban J connectivity index is 2.15. The van der Waals surface area contributed by atoms with Gasteiger partial charge in [-0.3, -0.25) is 4.79 Å². The van der Waals surface area contributed by atoms with Gasteiger partial charge in [0.1, 0.15) is 5.01 Å². The number of carbonyl (C=O) groups excluding carboxylic acids is 1. The van der Waals surface area contributed by atoms with E-state index in [1.54, 1.807) is 11.3 Å². The molecular formula is C21H31N3OS. The van der Waals surface area contributed by atoms with E-state index in [-0.39, 0.29) is 5.91 Å². The van der Waals surface area contributed by atoms with E-state index in [2.05, 4.69) is 23.4 Å². The zero-order valence-electron chi connectivity index (χ0n) is 16.1. The standard InChI is InChI=1S/C21H31N3OS/c1-3-4-12-17-19(21-23-13-14-26-21)18(20(22)25)15(2)24(17)16-10-8-6-5-7-9-11-16/h13-14,16H,3-12H2,1-2H3,(H2,22,25). The molecule has 1 aliphatic rings. The van der Waals surface area contributed by atoms with Crippen LogP contribution in [0.3, 0.4) is 0 Å². The van der Waals surface area contributed by atoms with Crippen LogP contribution in [-0.4, -0.2) is 15.5 Å². The number of carbonyl (C=O) groups is 1. The molecule has 1 fully saturated rings. The number of unbranched alkanes of at least 4 members (excludes halogenated alkanes) is 1. The Morgan fingerprint density at radius 1 is 1.27 bits per heavy atom. The number of hydrogen-bond donors (Lipinski definition) is 1. The summed E-state index contributed by atoms with van der Waals surface area (Å²) in [6.45, 7) is 4.29. The van der Waals surface area contributed by atoms with Gasteiger partial charge in [0.25, 0.3) is 5.91 Å². The van der Waals surface area contributed by atoms with Gasteiger partial charge in [-0.2, -0.15) is 0 Å². The quantitative estimate of drug-likeness (QED) is 0.711. The van der Waals surface area contributed by atoms with Crippen LogP contribution < -0.4 is 5.73 Å². The second-order valence-electron chi connectivity index (χ2n) is 7.46. The van der Waals surface area contributed by atoms with Crippen LogP contribution in [0.15, 0.2) is 11.6 Å². The van der Waals surface area contributed by atoms with Crippen LogP contribution in [-0.2, 0) is 6.42 Å². The van der Waals surface area contributed by atoms with Gasteiger partial charge in [0, 0.05) is 34.6 Å². The molecule has 1 amide bonds. The summed E-state index contributed by atoms with van der Waals surface area (Å²) in [6, 6.07) is 0.481. The van der Waals surface area contributed by atoms with Crippen molar-refractivity contribution < 1.29 is 4.79 Å². The summed E-state index contributed by atoms with van der Waals surface area (Å²) in [4.78, 5) is 16.9. The molecule has 0 bridgehead atoms. The molecule has 4 nitrogen and oxygen atoms in total. The summed E-state index contributed by atoms with van der Waals surface area (Å²) in [5.74, 6) is -0.324. The van der Waals surface area contributed by atoms with E-state index < -0.39 is 0 Å². The first-order valence-electron chi connectivity index (χ1n) is 10.1. The van der Waals surface area contributed by atoms with Crippen LogP contribution in [0.25, 0.3) is 10.6 Å². The van der Waals surface area contributed by atoms with E-state index in [1.165, 1.54) is 50.6 Å². The minimum Gasteiger partial charge on any atom is -0.366 e. The molecule has 2 aromatic heterocycles. The number of primary amides is 1. The first kappa shape index (κ1) is 19.2. The van der Waals surface area contributed by atoms with Gasteiger partial charge in [-0.1, -0.05) is 45.4 Å². The smallest absolute Gasteiger partial charge is 0.251 e. The molecule has 26 heavy (non-hydrogen) atoms. The molecule has 142 valence electrons. The lowest BCUT2D eigenvalue weighted by Gasteiger charge is -2.26. The maximum atomic E-state index is 12.4. The molecule has 1 aliphatic carbocycles. The Bertz CT molecular complexity index is 725. The number of nitrogens with zero attached hydrogens (tertiary/aromatic N) is 2. The van der Waals surface area contributed by atoms with Crippen molar-refractivity contribution in [1.29, 1.82) is 0 Å². The Morgan fingerprint density at radius 3 is 2.54 bits per heavy atom. The first-order chi connectivity index (χ1) is 12.6. The molecular weight excluding hydrogens is 342 g/mol. The Morgan fingerprint density at radius 2 is 1.96 bits per heavy atom. The summed E-state index contributed by atoms with van der Waals surface area (Å²) in [6.07, 6.45) is 14.0. The predicted molar refractivity (Wildman–Crippen MR) is 109 cm³/mol. The molecule has 0 saturated heterocycles. The first-order valence-corrected chi connectivity index (χ1v) is 11.0. The maximum absolute atomic E-state index is 12.4. The van der Waals surface area contributed by atoms with Gasteiger partial charge in [0.15, 0.2) is 0 Å². The third-order valence-corrected chi connectivity index (χ3v) is 6.44. The van der Waals surface area contributed by atoms with Crippen molar-refractivity contribution in [3.63, 3.8) is 0 Å². The average molecular weight is 374 g/mol. The Labute approximate surface area is 160 Å². The normalized spacial score (nSPS) is 16.4. The molecule has 2 heterocycles. The van der Waals surface area contributed by atoms with Crippen molar-refractivity contribution >= 4 is 17.2 Å². The summed E-state index contributed by atoms with van der Waals surface area (Å²) in [7, 11) is 0. The molecule has 1 saturated carbocycles. The van der Waals surface area contributed by atoms with Crippen LogP contribution in [0, 0.1) is 6.92 Å². The SMILES string of the molecule is CCCCc1c(-c2nccs2)c(C(N)=O)c(C)n1C1CCCCCCC1. The largest absolute Gasteiger partial charge is 0.366 e. The zero-order chi connectivity index (χ0) is 18.5.